The zero-order chi connectivity index (χ0) is 11.0. The van der Waals surface area contributed by atoms with Crippen LogP contribution in [0, 0.1) is 10.1 Å². The molecule has 0 amide bonds. The van der Waals surface area contributed by atoms with Crippen molar-refractivity contribution in [1.82, 2.24) is 14.4 Å². The first-order valence-corrected chi connectivity index (χ1v) is 4.58. The number of hydrogen-bond donors (Lipinski definition) is 0. The molecule has 0 N–H and O–H groups in total. The van der Waals surface area contributed by atoms with Gasteiger partial charge in [0.1, 0.15) is 11.9 Å². The van der Waals surface area contributed by atoms with E-state index in [-0.39, 0.29) is 11.7 Å². The maximum Gasteiger partial charge on any atom is 0.352 e. The highest BCUT2D eigenvalue weighted by atomic mass is 16.6. The van der Waals surface area contributed by atoms with Crippen LogP contribution in [0.5, 0.6) is 0 Å². The van der Waals surface area contributed by atoms with Crippen LogP contribution in [0.4, 0.5) is 5.82 Å². The molecule has 2 aromatic heterocycles. The van der Waals surface area contributed by atoms with Gasteiger partial charge in [0.2, 0.25) is 0 Å². The molecule has 0 saturated carbocycles. The molecule has 0 aromatic carbocycles. The molecular formula is C9H10N4O2. The molecule has 0 aliphatic carbocycles. The van der Waals surface area contributed by atoms with Crippen LogP contribution in [0.1, 0.15) is 25.5 Å². The molecule has 0 aliphatic heterocycles. The summed E-state index contributed by atoms with van der Waals surface area (Å²) in [5, 5.41) is 10.9. The Kier molecular flexibility index (Phi) is 2.11. The predicted octanol–water partition coefficient (Wildman–Crippen LogP) is 1.76. The summed E-state index contributed by atoms with van der Waals surface area (Å²) >= 11 is 0. The van der Waals surface area contributed by atoms with Gasteiger partial charge in [0, 0.05) is 12.1 Å². The van der Waals surface area contributed by atoms with Crippen LogP contribution in [0.25, 0.3) is 5.78 Å². The second kappa shape index (κ2) is 3.30. The van der Waals surface area contributed by atoms with Gasteiger partial charge in [-0.15, -0.1) is 0 Å². The highest BCUT2D eigenvalue weighted by molar-refractivity contribution is 5.44. The summed E-state index contributed by atoms with van der Waals surface area (Å²) in [6.45, 7) is 3.74. The quantitative estimate of drug-likeness (QED) is 0.554. The lowest BCUT2D eigenvalue weighted by molar-refractivity contribution is -0.391. The first kappa shape index (κ1) is 9.57. The maximum absolute atomic E-state index is 10.9. The SMILES string of the molecule is CC(C)c1nc2ncccn2c1[N+](=O)[O-]. The minimum Gasteiger partial charge on any atom is -0.358 e. The molecule has 0 radical (unpaired) electrons. The first-order chi connectivity index (χ1) is 7.11. The van der Waals surface area contributed by atoms with Gasteiger partial charge in [-0.05, 0) is 11.0 Å². The monoisotopic (exact) mass is 206 g/mol. The van der Waals surface area contributed by atoms with Gasteiger partial charge in [-0.1, -0.05) is 13.8 Å². The minimum absolute atomic E-state index is 0.00657. The number of rotatable bonds is 2. The van der Waals surface area contributed by atoms with Crippen LogP contribution in [-0.4, -0.2) is 19.3 Å². The van der Waals surface area contributed by atoms with Crippen molar-refractivity contribution in [3.05, 3.63) is 34.3 Å². The Balaban J connectivity index is 2.80. The van der Waals surface area contributed by atoms with Crippen LogP contribution in [0.15, 0.2) is 18.5 Å². The molecule has 0 fully saturated rings. The van der Waals surface area contributed by atoms with E-state index in [1.54, 1.807) is 18.5 Å². The van der Waals surface area contributed by atoms with Crippen molar-refractivity contribution in [1.29, 1.82) is 0 Å². The van der Waals surface area contributed by atoms with Gasteiger partial charge in [-0.2, -0.15) is 14.4 Å². The van der Waals surface area contributed by atoms with Gasteiger partial charge in [0.25, 0.3) is 0 Å². The highest BCUT2D eigenvalue weighted by Crippen LogP contribution is 2.25. The number of nitrogens with zero attached hydrogens (tertiary/aromatic N) is 4. The fourth-order valence-corrected chi connectivity index (χ4v) is 1.46. The summed E-state index contributed by atoms with van der Waals surface area (Å²) in [5.74, 6) is 0.383. The van der Waals surface area contributed by atoms with Gasteiger partial charge in [0.05, 0.1) is 0 Å². The Labute approximate surface area is 85.7 Å². The van der Waals surface area contributed by atoms with E-state index in [2.05, 4.69) is 9.97 Å². The van der Waals surface area contributed by atoms with Crippen molar-refractivity contribution in [2.75, 3.05) is 0 Å². The molecule has 0 aliphatic rings. The number of nitro groups is 1. The molecule has 2 rings (SSSR count). The molecular weight excluding hydrogens is 196 g/mol. The van der Waals surface area contributed by atoms with Crippen molar-refractivity contribution in [2.45, 2.75) is 19.8 Å². The molecule has 78 valence electrons. The molecule has 0 unspecified atom stereocenters. The smallest absolute Gasteiger partial charge is 0.352 e. The van der Waals surface area contributed by atoms with Gasteiger partial charge >= 0.3 is 11.6 Å². The van der Waals surface area contributed by atoms with Crippen molar-refractivity contribution in [3.63, 3.8) is 0 Å². The number of fused-ring (bicyclic) bond motifs is 1. The second-order valence-corrected chi connectivity index (χ2v) is 3.52. The van der Waals surface area contributed by atoms with E-state index in [9.17, 15) is 10.1 Å². The van der Waals surface area contributed by atoms with E-state index in [1.807, 2.05) is 13.8 Å². The summed E-state index contributed by atoms with van der Waals surface area (Å²) in [4.78, 5) is 18.6. The topological polar surface area (TPSA) is 73.3 Å². The molecule has 2 heterocycles. The molecule has 6 nitrogen and oxygen atoms in total. The lowest BCUT2D eigenvalue weighted by Gasteiger charge is -1.99. The largest absolute Gasteiger partial charge is 0.358 e. The van der Waals surface area contributed by atoms with Crippen molar-refractivity contribution >= 4 is 11.6 Å². The molecule has 0 saturated heterocycles. The Hall–Kier alpha value is -1.98. The summed E-state index contributed by atoms with van der Waals surface area (Å²) in [5.41, 5.74) is 0.471. The Morgan fingerprint density at radius 3 is 2.87 bits per heavy atom. The van der Waals surface area contributed by atoms with Gasteiger partial charge in [0.15, 0.2) is 0 Å². The van der Waals surface area contributed by atoms with E-state index in [4.69, 9.17) is 0 Å². The van der Waals surface area contributed by atoms with E-state index < -0.39 is 4.92 Å². The van der Waals surface area contributed by atoms with Gasteiger partial charge in [-0.3, -0.25) is 0 Å². The second-order valence-electron chi connectivity index (χ2n) is 3.52. The predicted molar refractivity (Wildman–Crippen MR) is 53.7 cm³/mol. The zero-order valence-corrected chi connectivity index (χ0v) is 8.41. The van der Waals surface area contributed by atoms with Crippen molar-refractivity contribution < 1.29 is 4.92 Å². The molecule has 0 atom stereocenters. The Bertz CT molecular complexity index is 518. The molecule has 0 bridgehead atoms. The summed E-state index contributed by atoms with van der Waals surface area (Å²) in [7, 11) is 0. The van der Waals surface area contributed by atoms with Crippen molar-refractivity contribution in [3.8, 4) is 0 Å². The lowest BCUT2D eigenvalue weighted by Crippen LogP contribution is -1.98. The first-order valence-electron chi connectivity index (χ1n) is 4.58. The maximum atomic E-state index is 10.9. The Morgan fingerprint density at radius 1 is 1.53 bits per heavy atom. The normalized spacial score (nSPS) is 11.1. The number of imidazole rings is 1. The minimum atomic E-state index is -0.420. The number of aromatic nitrogens is 3. The number of hydrogen-bond acceptors (Lipinski definition) is 4. The van der Waals surface area contributed by atoms with E-state index in [1.165, 1.54) is 4.40 Å². The van der Waals surface area contributed by atoms with Crippen LogP contribution in [0.3, 0.4) is 0 Å². The van der Waals surface area contributed by atoms with Gasteiger partial charge in [-0.25, -0.2) is 0 Å². The van der Waals surface area contributed by atoms with Crippen LogP contribution >= 0.6 is 0 Å². The van der Waals surface area contributed by atoms with Crippen molar-refractivity contribution in [2.24, 2.45) is 0 Å². The van der Waals surface area contributed by atoms with E-state index >= 15 is 0 Å². The third-order valence-corrected chi connectivity index (χ3v) is 2.12. The van der Waals surface area contributed by atoms with Gasteiger partial charge < -0.3 is 10.1 Å². The van der Waals surface area contributed by atoms with E-state index in [0.717, 1.165) is 0 Å². The lowest BCUT2D eigenvalue weighted by atomic mass is 10.1. The molecule has 15 heavy (non-hydrogen) atoms. The standard InChI is InChI=1S/C9H10N4O2/c1-6(2)7-8(13(14)15)12-5-3-4-10-9(12)11-7/h3-6H,1-2H3. The average molecular weight is 206 g/mol. The molecule has 0 spiro atoms. The zero-order valence-electron chi connectivity index (χ0n) is 8.41. The molecule has 6 heteroatoms. The summed E-state index contributed by atoms with van der Waals surface area (Å²) in [6.07, 6.45) is 3.16. The van der Waals surface area contributed by atoms with E-state index in [0.29, 0.717) is 11.5 Å². The molecule has 2 aromatic rings. The summed E-state index contributed by atoms with van der Waals surface area (Å²) in [6, 6.07) is 1.64. The summed E-state index contributed by atoms with van der Waals surface area (Å²) < 4.78 is 1.40. The third kappa shape index (κ3) is 1.43. The fraction of sp³-hybridized carbons (Fsp3) is 0.333. The fourth-order valence-electron chi connectivity index (χ4n) is 1.46. The highest BCUT2D eigenvalue weighted by Gasteiger charge is 2.24. The third-order valence-electron chi connectivity index (χ3n) is 2.12. The Morgan fingerprint density at radius 2 is 2.27 bits per heavy atom. The van der Waals surface area contributed by atoms with Crippen LogP contribution < -0.4 is 0 Å². The van der Waals surface area contributed by atoms with Crippen LogP contribution in [0.2, 0.25) is 0 Å². The average Bonchev–Trinajstić information content (AvgIpc) is 2.56. The van der Waals surface area contributed by atoms with Crippen LogP contribution in [-0.2, 0) is 0 Å².